The van der Waals surface area contributed by atoms with E-state index in [-0.39, 0.29) is 11.9 Å². The number of methoxy groups -OCH3 is 1. The van der Waals surface area contributed by atoms with Crippen molar-refractivity contribution >= 4 is 5.97 Å². The maximum atomic E-state index is 11.3. The summed E-state index contributed by atoms with van der Waals surface area (Å²) in [5.41, 5.74) is 5.06. The molecule has 16 heavy (non-hydrogen) atoms. The molecule has 0 heterocycles. The van der Waals surface area contributed by atoms with E-state index in [0.29, 0.717) is 6.42 Å². The maximum Gasteiger partial charge on any atom is 0.306 e. The highest BCUT2D eigenvalue weighted by atomic mass is 16.5. The van der Waals surface area contributed by atoms with Crippen LogP contribution in [0.25, 0.3) is 0 Å². The van der Waals surface area contributed by atoms with Crippen LogP contribution in [0, 0.1) is 20.8 Å². The Morgan fingerprint density at radius 1 is 1.25 bits per heavy atom. The van der Waals surface area contributed by atoms with E-state index < -0.39 is 0 Å². The predicted molar refractivity (Wildman–Crippen MR) is 65.7 cm³/mol. The van der Waals surface area contributed by atoms with Crippen LogP contribution in [0.4, 0.5) is 0 Å². The lowest BCUT2D eigenvalue weighted by Crippen LogP contribution is -2.08. The second-order valence-electron chi connectivity index (χ2n) is 4.49. The fourth-order valence-corrected chi connectivity index (χ4v) is 2.40. The van der Waals surface area contributed by atoms with Gasteiger partial charge in [-0.15, -0.1) is 0 Å². The third-order valence-corrected chi connectivity index (χ3v) is 2.93. The number of carbonyl (C=O) groups is 1. The Morgan fingerprint density at radius 3 is 2.19 bits per heavy atom. The van der Waals surface area contributed by atoms with Crippen LogP contribution < -0.4 is 0 Å². The highest BCUT2D eigenvalue weighted by Gasteiger charge is 2.15. The average Bonchev–Trinajstić information content (AvgIpc) is 2.15. The predicted octanol–water partition coefficient (Wildman–Crippen LogP) is 3.28. The molecule has 2 nitrogen and oxygen atoms in total. The molecule has 0 aliphatic heterocycles. The Balaban J connectivity index is 2.99. The molecule has 0 radical (unpaired) electrons. The number of carbonyl (C=O) groups excluding carboxylic acids is 1. The maximum absolute atomic E-state index is 11.3. The second kappa shape index (κ2) is 5.15. The lowest BCUT2D eigenvalue weighted by atomic mass is 9.89. The zero-order chi connectivity index (χ0) is 12.3. The Hall–Kier alpha value is -1.31. The monoisotopic (exact) mass is 220 g/mol. The summed E-state index contributed by atoms with van der Waals surface area (Å²) in [6.07, 6.45) is 0.446. The Bertz CT molecular complexity index is 371. The molecule has 1 aromatic carbocycles. The first kappa shape index (κ1) is 12.8. The zero-order valence-corrected chi connectivity index (χ0v) is 10.8. The van der Waals surface area contributed by atoms with Gasteiger partial charge in [0.25, 0.3) is 0 Å². The normalized spacial score (nSPS) is 12.3. The SMILES string of the molecule is COC(=O)CC(C)c1c(C)cc(C)cc1C. The van der Waals surface area contributed by atoms with E-state index in [1.165, 1.54) is 29.4 Å². The van der Waals surface area contributed by atoms with Crippen LogP contribution in [-0.2, 0) is 9.53 Å². The fourth-order valence-electron chi connectivity index (χ4n) is 2.40. The molecule has 0 aromatic heterocycles. The molecule has 0 spiro atoms. The van der Waals surface area contributed by atoms with Gasteiger partial charge in [-0.25, -0.2) is 0 Å². The first-order valence-electron chi connectivity index (χ1n) is 5.60. The quantitative estimate of drug-likeness (QED) is 0.731. The molecular formula is C14H20O2. The van der Waals surface area contributed by atoms with Crippen LogP contribution in [0.1, 0.15) is 41.5 Å². The minimum absolute atomic E-state index is 0.146. The zero-order valence-electron chi connectivity index (χ0n) is 10.8. The highest BCUT2D eigenvalue weighted by molar-refractivity contribution is 5.70. The number of ether oxygens (including phenoxy) is 1. The van der Waals surface area contributed by atoms with Crippen LogP contribution in [0.5, 0.6) is 0 Å². The van der Waals surface area contributed by atoms with Gasteiger partial charge in [-0.05, 0) is 43.4 Å². The smallest absolute Gasteiger partial charge is 0.306 e. The molecule has 1 unspecified atom stereocenters. The standard InChI is InChI=1S/C14H20O2/c1-9-6-10(2)14(11(3)7-9)12(4)8-13(15)16-5/h6-7,12H,8H2,1-5H3. The van der Waals surface area contributed by atoms with Gasteiger partial charge in [0, 0.05) is 0 Å². The Kier molecular flexibility index (Phi) is 4.11. The van der Waals surface area contributed by atoms with Crippen molar-refractivity contribution in [3.8, 4) is 0 Å². The van der Waals surface area contributed by atoms with Gasteiger partial charge in [-0.1, -0.05) is 24.6 Å². The summed E-state index contributed by atoms with van der Waals surface area (Å²) in [4.78, 5) is 11.3. The molecule has 0 amide bonds. The van der Waals surface area contributed by atoms with E-state index >= 15 is 0 Å². The molecule has 1 rings (SSSR count). The van der Waals surface area contributed by atoms with E-state index in [4.69, 9.17) is 4.74 Å². The van der Waals surface area contributed by atoms with E-state index in [9.17, 15) is 4.79 Å². The van der Waals surface area contributed by atoms with Crippen molar-refractivity contribution in [2.45, 2.75) is 40.0 Å². The number of aryl methyl sites for hydroxylation is 3. The highest BCUT2D eigenvalue weighted by Crippen LogP contribution is 2.27. The molecule has 0 N–H and O–H groups in total. The molecule has 0 saturated carbocycles. The summed E-state index contributed by atoms with van der Waals surface area (Å²) in [6, 6.07) is 4.33. The van der Waals surface area contributed by atoms with Crippen molar-refractivity contribution in [1.82, 2.24) is 0 Å². The van der Waals surface area contributed by atoms with Crippen molar-refractivity contribution < 1.29 is 9.53 Å². The summed E-state index contributed by atoms with van der Waals surface area (Å²) < 4.78 is 4.71. The molecule has 0 aliphatic carbocycles. The molecule has 88 valence electrons. The van der Waals surface area contributed by atoms with E-state index in [2.05, 4.69) is 39.8 Å². The molecular weight excluding hydrogens is 200 g/mol. The molecule has 2 heteroatoms. The fraction of sp³-hybridized carbons (Fsp3) is 0.500. The molecule has 0 saturated heterocycles. The summed E-state index contributed by atoms with van der Waals surface area (Å²) in [7, 11) is 1.43. The number of benzene rings is 1. The lowest BCUT2D eigenvalue weighted by molar-refractivity contribution is -0.140. The van der Waals surface area contributed by atoms with Crippen molar-refractivity contribution in [3.63, 3.8) is 0 Å². The minimum Gasteiger partial charge on any atom is -0.469 e. The molecule has 0 aliphatic rings. The number of rotatable bonds is 3. The average molecular weight is 220 g/mol. The van der Waals surface area contributed by atoms with Crippen molar-refractivity contribution in [1.29, 1.82) is 0 Å². The Morgan fingerprint density at radius 2 is 1.75 bits per heavy atom. The summed E-state index contributed by atoms with van der Waals surface area (Å²) in [5.74, 6) is 0.0694. The molecule has 1 aromatic rings. The first-order chi connectivity index (χ1) is 7.45. The summed E-state index contributed by atoms with van der Waals surface area (Å²) in [6.45, 7) is 8.36. The number of esters is 1. The van der Waals surface area contributed by atoms with Crippen LogP contribution in [0.15, 0.2) is 12.1 Å². The topological polar surface area (TPSA) is 26.3 Å². The summed E-state index contributed by atoms with van der Waals surface area (Å²) >= 11 is 0. The molecule has 0 fully saturated rings. The lowest BCUT2D eigenvalue weighted by Gasteiger charge is -2.17. The largest absolute Gasteiger partial charge is 0.469 e. The van der Waals surface area contributed by atoms with Gasteiger partial charge in [0.2, 0.25) is 0 Å². The van der Waals surface area contributed by atoms with E-state index in [0.717, 1.165) is 0 Å². The minimum atomic E-state index is -0.146. The van der Waals surface area contributed by atoms with Gasteiger partial charge < -0.3 is 4.74 Å². The third kappa shape index (κ3) is 2.84. The van der Waals surface area contributed by atoms with Crippen LogP contribution in [0.2, 0.25) is 0 Å². The molecule has 0 bridgehead atoms. The third-order valence-electron chi connectivity index (χ3n) is 2.93. The van der Waals surface area contributed by atoms with Crippen molar-refractivity contribution in [3.05, 3.63) is 34.4 Å². The van der Waals surface area contributed by atoms with Crippen molar-refractivity contribution in [2.24, 2.45) is 0 Å². The molecule has 1 atom stereocenters. The van der Waals surface area contributed by atoms with Crippen LogP contribution >= 0.6 is 0 Å². The van der Waals surface area contributed by atoms with Crippen molar-refractivity contribution in [2.75, 3.05) is 7.11 Å². The number of hydrogen-bond donors (Lipinski definition) is 0. The first-order valence-corrected chi connectivity index (χ1v) is 5.60. The van der Waals surface area contributed by atoms with Crippen LogP contribution in [-0.4, -0.2) is 13.1 Å². The van der Waals surface area contributed by atoms with E-state index in [1.807, 2.05) is 0 Å². The van der Waals surface area contributed by atoms with Crippen LogP contribution in [0.3, 0.4) is 0 Å². The number of hydrogen-bond acceptors (Lipinski definition) is 2. The van der Waals surface area contributed by atoms with Gasteiger partial charge in [-0.3, -0.25) is 4.79 Å². The van der Waals surface area contributed by atoms with Gasteiger partial charge in [-0.2, -0.15) is 0 Å². The van der Waals surface area contributed by atoms with E-state index in [1.54, 1.807) is 0 Å². The summed E-state index contributed by atoms with van der Waals surface area (Å²) in [5, 5.41) is 0. The van der Waals surface area contributed by atoms with Gasteiger partial charge in [0.05, 0.1) is 13.5 Å². The van der Waals surface area contributed by atoms with Gasteiger partial charge in [0.15, 0.2) is 0 Å². The second-order valence-corrected chi connectivity index (χ2v) is 4.49. The Labute approximate surface area is 97.6 Å². The van der Waals surface area contributed by atoms with Gasteiger partial charge in [0.1, 0.15) is 0 Å². The van der Waals surface area contributed by atoms with Gasteiger partial charge >= 0.3 is 5.97 Å².